The van der Waals surface area contributed by atoms with Crippen LogP contribution in [-0.4, -0.2) is 29.2 Å². The highest BCUT2D eigenvalue weighted by Gasteiger charge is 2.10. The number of ether oxygens (including phenoxy) is 1. The quantitative estimate of drug-likeness (QED) is 0.484. The van der Waals surface area contributed by atoms with Crippen LogP contribution in [0, 0.1) is 0 Å². The van der Waals surface area contributed by atoms with Gasteiger partial charge >= 0.3 is 5.69 Å². The van der Waals surface area contributed by atoms with Crippen molar-refractivity contribution in [2.75, 3.05) is 7.11 Å². The van der Waals surface area contributed by atoms with Gasteiger partial charge in [0, 0.05) is 5.56 Å². The number of amides is 1. The van der Waals surface area contributed by atoms with E-state index in [1.54, 1.807) is 25.3 Å². The van der Waals surface area contributed by atoms with Gasteiger partial charge in [0.15, 0.2) is 0 Å². The molecule has 3 aromatic rings. The molecule has 8 heteroatoms. The van der Waals surface area contributed by atoms with Crippen LogP contribution in [0.4, 0.5) is 0 Å². The molecule has 0 aliphatic heterocycles. The van der Waals surface area contributed by atoms with Crippen LogP contribution in [0.1, 0.15) is 16.1 Å². The first-order valence-electron chi connectivity index (χ1n) is 7.90. The van der Waals surface area contributed by atoms with E-state index in [4.69, 9.17) is 4.74 Å². The highest BCUT2D eigenvalue weighted by Crippen LogP contribution is 2.24. The molecular weight excluding hydrogens is 412 g/mol. The van der Waals surface area contributed by atoms with Crippen LogP contribution in [0.25, 0.3) is 11.3 Å². The molecule has 0 unspecified atom stereocenters. The predicted octanol–water partition coefficient (Wildman–Crippen LogP) is 2.97. The highest BCUT2D eigenvalue weighted by atomic mass is 79.9. The Morgan fingerprint density at radius 1 is 1.22 bits per heavy atom. The van der Waals surface area contributed by atoms with E-state index < -0.39 is 11.6 Å². The van der Waals surface area contributed by atoms with Crippen molar-refractivity contribution in [1.82, 2.24) is 15.4 Å². The maximum Gasteiger partial charge on any atom is 0.346 e. The number of halogens is 1. The molecule has 0 spiro atoms. The fourth-order valence-corrected chi connectivity index (χ4v) is 2.88. The van der Waals surface area contributed by atoms with E-state index in [-0.39, 0.29) is 5.69 Å². The molecule has 0 saturated heterocycles. The maximum absolute atomic E-state index is 12.3. The van der Waals surface area contributed by atoms with Crippen LogP contribution in [0.5, 0.6) is 5.75 Å². The fourth-order valence-electron chi connectivity index (χ4n) is 2.33. The Labute approximate surface area is 163 Å². The van der Waals surface area contributed by atoms with Gasteiger partial charge < -0.3 is 9.72 Å². The van der Waals surface area contributed by atoms with Gasteiger partial charge in [0.1, 0.15) is 11.4 Å². The van der Waals surface area contributed by atoms with E-state index in [9.17, 15) is 9.59 Å². The van der Waals surface area contributed by atoms with Crippen LogP contribution < -0.4 is 15.9 Å². The molecule has 1 amide bonds. The Kier molecular flexibility index (Phi) is 5.77. The first-order valence-corrected chi connectivity index (χ1v) is 8.70. The number of hydrazone groups is 1. The van der Waals surface area contributed by atoms with E-state index in [0.29, 0.717) is 11.4 Å². The normalized spacial score (nSPS) is 10.7. The van der Waals surface area contributed by atoms with Crippen molar-refractivity contribution in [1.29, 1.82) is 0 Å². The summed E-state index contributed by atoms with van der Waals surface area (Å²) in [6.45, 7) is 0. The Morgan fingerprint density at radius 2 is 2.00 bits per heavy atom. The lowest BCUT2D eigenvalue weighted by atomic mass is 10.1. The minimum atomic E-state index is -0.607. The number of methoxy groups -OCH3 is 1. The van der Waals surface area contributed by atoms with Gasteiger partial charge in [-0.1, -0.05) is 30.3 Å². The predicted molar refractivity (Wildman–Crippen MR) is 106 cm³/mol. The third-order valence-corrected chi connectivity index (χ3v) is 4.23. The first kappa shape index (κ1) is 18.5. The number of hydrogen-bond donors (Lipinski definition) is 2. The Balaban J connectivity index is 1.75. The van der Waals surface area contributed by atoms with E-state index >= 15 is 0 Å². The van der Waals surface area contributed by atoms with Gasteiger partial charge in [-0.25, -0.2) is 10.2 Å². The van der Waals surface area contributed by atoms with Crippen LogP contribution >= 0.6 is 15.9 Å². The molecule has 0 aliphatic carbocycles. The van der Waals surface area contributed by atoms with E-state index in [0.717, 1.165) is 15.6 Å². The zero-order chi connectivity index (χ0) is 19.2. The fraction of sp³-hybridized carbons (Fsp3) is 0.0526. The maximum atomic E-state index is 12.3. The molecule has 136 valence electrons. The molecule has 0 bridgehead atoms. The van der Waals surface area contributed by atoms with Crippen molar-refractivity contribution in [3.05, 3.63) is 80.8 Å². The Bertz CT molecular complexity index is 1050. The lowest BCUT2D eigenvalue weighted by Gasteiger charge is -2.04. The molecule has 1 heterocycles. The number of nitrogens with one attached hydrogen (secondary N) is 2. The molecule has 0 fully saturated rings. The first-order chi connectivity index (χ1) is 13.1. The second-order valence-electron chi connectivity index (χ2n) is 5.44. The number of aromatic amines is 1. The van der Waals surface area contributed by atoms with Gasteiger partial charge in [0.2, 0.25) is 0 Å². The summed E-state index contributed by atoms with van der Waals surface area (Å²) in [6.07, 6.45) is 1.49. The average molecular weight is 427 g/mol. The van der Waals surface area contributed by atoms with Crippen molar-refractivity contribution in [3.8, 4) is 17.0 Å². The molecule has 3 rings (SSSR count). The lowest BCUT2D eigenvalue weighted by molar-refractivity contribution is 0.0949. The summed E-state index contributed by atoms with van der Waals surface area (Å²) in [5, 5.41) is 3.92. The molecule has 0 radical (unpaired) electrons. The second kappa shape index (κ2) is 8.41. The third kappa shape index (κ3) is 4.68. The van der Waals surface area contributed by atoms with Crippen molar-refractivity contribution in [2.24, 2.45) is 5.10 Å². The summed E-state index contributed by atoms with van der Waals surface area (Å²) < 4.78 is 5.93. The monoisotopic (exact) mass is 426 g/mol. The number of carbonyl (C=O) groups excluding carboxylic acids is 1. The standard InChI is InChI=1S/C19H15BrN4O3/c1-27-17-8-7-12(9-14(17)20)11-21-24-18(25)16-10-15(22-19(26)23-16)13-5-3-2-4-6-13/h2-11H,1H3,(H,24,25)(H,22,23,26)/b21-11+. The molecule has 2 N–H and O–H groups in total. The second-order valence-corrected chi connectivity index (χ2v) is 6.30. The smallest absolute Gasteiger partial charge is 0.346 e. The molecule has 27 heavy (non-hydrogen) atoms. The molecule has 0 saturated carbocycles. The number of H-pyrrole nitrogens is 1. The van der Waals surface area contributed by atoms with E-state index in [1.807, 2.05) is 30.3 Å². The summed E-state index contributed by atoms with van der Waals surface area (Å²) >= 11 is 3.38. The molecule has 0 atom stereocenters. The van der Waals surface area contributed by atoms with Gasteiger partial charge in [-0.3, -0.25) is 4.79 Å². The van der Waals surface area contributed by atoms with E-state index in [1.165, 1.54) is 12.3 Å². The van der Waals surface area contributed by atoms with Crippen LogP contribution in [0.3, 0.4) is 0 Å². The number of carbonyl (C=O) groups is 1. The summed E-state index contributed by atoms with van der Waals surface area (Å²) in [5.74, 6) is 0.148. The average Bonchev–Trinajstić information content (AvgIpc) is 2.68. The van der Waals surface area contributed by atoms with Gasteiger partial charge in [0.05, 0.1) is 23.5 Å². The summed E-state index contributed by atoms with van der Waals surface area (Å²) in [4.78, 5) is 30.4. The van der Waals surface area contributed by atoms with Crippen molar-refractivity contribution >= 4 is 28.1 Å². The van der Waals surface area contributed by atoms with Crippen LogP contribution in [-0.2, 0) is 0 Å². The van der Waals surface area contributed by atoms with Gasteiger partial charge in [0.25, 0.3) is 5.91 Å². The van der Waals surface area contributed by atoms with Gasteiger partial charge in [-0.2, -0.15) is 10.1 Å². The molecular formula is C19H15BrN4O3. The van der Waals surface area contributed by atoms with Gasteiger partial charge in [-0.05, 0) is 45.8 Å². The lowest BCUT2D eigenvalue weighted by Crippen LogP contribution is -2.24. The van der Waals surface area contributed by atoms with Crippen LogP contribution in [0.15, 0.2) is 69.0 Å². The summed E-state index contributed by atoms with van der Waals surface area (Å²) in [7, 11) is 1.58. The number of hydrogen-bond acceptors (Lipinski definition) is 5. The van der Waals surface area contributed by atoms with Crippen molar-refractivity contribution in [3.63, 3.8) is 0 Å². The zero-order valence-corrected chi connectivity index (χ0v) is 15.9. The molecule has 7 nitrogen and oxygen atoms in total. The zero-order valence-electron chi connectivity index (χ0n) is 14.3. The molecule has 0 aliphatic rings. The van der Waals surface area contributed by atoms with Crippen molar-refractivity contribution in [2.45, 2.75) is 0 Å². The SMILES string of the molecule is COc1ccc(/C=N/NC(=O)c2cc(-c3ccccc3)nc(=O)[nH]2)cc1Br. The highest BCUT2D eigenvalue weighted by molar-refractivity contribution is 9.10. The minimum absolute atomic E-state index is 0.0712. The Morgan fingerprint density at radius 3 is 2.70 bits per heavy atom. The summed E-state index contributed by atoms with van der Waals surface area (Å²) in [6, 6.07) is 16.0. The number of aromatic nitrogens is 2. The van der Waals surface area contributed by atoms with Crippen molar-refractivity contribution < 1.29 is 9.53 Å². The molecule has 1 aromatic heterocycles. The van der Waals surface area contributed by atoms with Gasteiger partial charge in [-0.15, -0.1) is 0 Å². The Hall–Kier alpha value is -3.26. The van der Waals surface area contributed by atoms with Crippen LogP contribution in [0.2, 0.25) is 0 Å². The number of rotatable bonds is 5. The summed E-state index contributed by atoms with van der Waals surface area (Å²) in [5.41, 5.74) is 3.76. The number of nitrogens with zero attached hydrogens (tertiary/aromatic N) is 2. The van der Waals surface area contributed by atoms with E-state index in [2.05, 4.69) is 36.4 Å². The third-order valence-electron chi connectivity index (χ3n) is 3.61. The topological polar surface area (TPSA) is 96.4 Å². The minimum Gasteiger partial charge on any atom is -0.496 e. The molecule has 2 aromatic carbocycles. The largest absolute Gasteiger partial charge is 0.496 e. The number of benzene rings is 2.